The second-order valence-electron chi connectivity index (χ2n) is 9.24. The van der Waals surface area contributed by atoms with Gasteiger partial charge in [0.1, 0.15) is 6.04 Å². The van der Waals surface area contributed by atoms with Gasteiger partial charge in [0.15, 0.2) is 5.82 Å². The standard InChI is InChI=1S/C23H37N3O4/c27-22(16-18-6-2-1-3-7-18)26-12-5-4-8-20(26)23-24-21(25-30-23)11-15-29-17-19-9-13-28-14-10-19/h18-20H,1-17H2. The molecule has 3 heterocycles. The van der Waals surface area contributed by atoms with E-state index in [1.54, 1.807) is 0 Å². The summed E-state index contributed by atoms with van der Waals surface area (Å²) < 4.78 is 16.8. The van der Waals surface area contributed by atoms with E-state index in [2.05, 4.69) is 10.1 Å². The third kappa shape index (κ3) is 6.03. The molecule has 30 heavy (non-hydrogen) atoms. The lowest BCUT2D eigenvalue weighted by molar-refractivity contribution is -0.137. The first-order valence-electron chi connectivity index (χ1n) is 12.1. The third-order valence-electron chi connectivity index (χ3n) is 6.94. The highest BCUT2D eigenvalue weighted by molar-refractivity contribution is 5.77. The molecule has 1 aromatic rings. The summed E-state index contributed by atoms with van der Waals surface area (Å²) in [5.74, 6) is 2.71. The number of carbonyl (C=O) groups excluding carboxylic acids is 1. The molecule has 1 aliphatic carbocycles. The summed E-state index contributed by atoms with van der Waals surface area (Å²) in [6.07, 6.45) is 12.8. The van der Waals surface area contributed by atoms with Crippen molar-refractivity contribution in [3.05, 3.63) is 11.7 Å². The molecule has 1 aromatic heterocycles. The highest BCUT2D eigenvalue weighted by atomic mass is 16.5. The zero-order valence-electron chi connectivity index (χ0n) is 18.2. The number of rotatable bonds is 8. The molecular weight excluding hydrogens is 382 g/mol. The van der Waals surface area contributed by atoms with E-state index in [9.17, 15) is 4.79 Å². The smallest absolute Gasteiger partial charge is 0.249 e. The number of ether oxygens (including phenoxy) is 2. The van der Waals surface area contributed by atoms with Crippen molar-refractivity contribution in [3.63, 3.8) is 0 Å². The van der Waals surface area contributed by atoms with E-state index in [0.29, 0.717) is 43.0 Å². The van der Waals surface area contributed by atoms with Crippen molar-refractivity contribution in [2.45, 2.75) is 83.1 Å². The Morgan fingerprint density at radius 1 is 1.00 bits per heavy atom. The number of piperidine rings is 1. The summed E-state index contributed by atoms with van der Waals surface area (Å²) >= 11 is 0. The van der Waals surface area contributed by atoms with Crippen LogP contribution >= 0.6 is 0 Å². The monoisotopic (exact) mass is 419 g/mol. The maximum atomic E-state index is 13.0. The van der Waals surface area contributed by atoms with Gasteiger partial charge < -0.3 is 18.9 Å². The van der Waals surface area contributed by atoms with Gasteiger partial charge >= 0.3 is 0 Å². The van der Waals surface area contributed by atoms with E-state index in [4.69, 9.17) is 14.0 Å². The second-order valence-corrected chi connectivity index (χ2v) is 9.24. The fraction of sp³-hybridized carbons (Fsp3) is 0.870. The number of hydrogen-bond acceptors (Lipinski definition) is 6. The lowest BCUT2D eigenvalue weighted by Gasteiger charge is -2.35. The molecule has 2 aliphatic heterocycles. The van der Waals surface area contributed by atoms with Gasteiger partial charge in [-0.15, -0.1) is 0 Å². The average molecular weight is 420 g/mol. The lowest BCUT2D eigenvalue weighted by Crippen LogP contribution is -2.39. The van der Waals surface area contributed by atoms with Gasteiger partial charge in [-0.05, 0) is 56.8 Å². The summed E-state index contributed by atoms with van der Waals surface area (Å²) in [7, 11) is 0. The second kappa shape index (κ2) is 11.2. The Kier molecular flexibility index (Phi) is 8.15. The van der Waals surface area contributed by atoms with Gasteiger partial charge in [-0.1, -0.05) is 24.4 Å². The number of hydrogen-bond donors (Lipinski definition) is 0. The first-order chi connectivity index (χ1) is 14.8. The minimum atomic E-state index is -0.0563. The predicted octanol–water partition coefficient (Wildman–Crippen LogP) is 4.08. The quantitative estimate of drug-likeness (QED) is 0.591. The van der Waals surface area contributed by atoms with E-state index in [1.165, 1.54) is 32.1 Å². The molecular formula is C23H37N3O4. The van der Waals surface area contributed by atoms with Gasteiger partial charge in [0.2, 0.25) is 11.8 Å². The normalized spacial score (nSPS) is 24.3. The van der Waals surface area contributed by atoms with Gasteiger partial charge in [-0.3, -0.25) is 4.79 Å². The molecule has 4 rings (SSSR count). The van der Waals surface area contributed by atoms with Crippen molar-refractivity contribution in [2.24, 2.45) is 11.8 Å². The molecule has 3 fully saturated rings. The van der Waals surface area contributed by atoms with Crippen molar-refractivity contribution in [3.8, 4) is 0 Å². The predicted molar refractivity (Wildman–Crippen MR) is 112 cm³/mol. The highest BCUT2D eigenvalue weighted by Gasteiger charge is 2.33. The van der Waals surface area contributed by atoms with Crippen molar-refractivity contribution in [2.75, 3.05) is 33.0 Å². The summed E-state index contributed by atoms with van der Waals surface area (Å²) in [5, 5.41) is 4.16. The number of likely N-dealkylation sites (tertiary alicyclic amines) is 1. The molecule has 0 spiro atoms. The van der Waals surface area contributed by atoms with Crippen LogP contribution in [0.5, 0.6) is 0 Å². The number of amides is 1. The van der Waals surface area contributed by atoms with Gasteiger partial charge in [0.05, 0.1) is 6.61 Å². The van der Waals surface area contributed by atoms with Crippen LogP contribution in [-0.4, -0.2) is 53.9 Å². The molecule has 0 aromatic carbocycles. The fourth-order valence-electron chi connectivity index (χ4n) is 5.07. The lowest BCUT2D eigenvalue weighted by atomic mass is 9.86. The molecule has 168 valence electrons. The minimum Gasteiger partial charge on any atom is -0.381 e. The van der Waals surface area contributed by atoms with Crippen LogP contribution in [0.25, 0.3) is 0 Å². The van der Waals surface area contributed by atoms with Crippen LogP contribution in [-0.2, 0) is 20.7 Å². The Labute approximate surface area is 179 Å². The van der Waals surface area contributed by atoms with Crippen LogP contribution in [0, 0.1) is 11.8 Å². The SMILES string of the molecule is O=C(CC1CCCCC1)N1CCCCC1c1nc(CCOCC2CCOCC2)no1. The van der Waals surface area contributed by atoms with Gasteiger partial charge in [-0.2, -0.15) is 4.98 Å². The first-order valence-corrected chi connectivity index (χ1v) is 12.1. The molecule has 1 saturated carbocycles. The Bertz CT molecular complexity index is 653. The Morgan fingerprint density at radius 3 is 2.63 bits per heavy atom. The van der Waals surface area contributed by atoms with Crippen molar-refractivity contribution < 1.29 is 18.8 Å². The molecule has 0 N–H and O–H groups in total. The minimum absolute atomic E-state index is 0.0563. The maximum Gasteiger partial charge on any atom is 0.249 e. The zero-order chi connectivity index (χ0) is 20.6. The average Bonchev–Trinajstić information content (AvgIpc) is 3.27. The van der Waals surface area contributed by atoms with E-state index < -0.39 is 0 Å². The van der Waals surface area contributed by atoms with Crippen LogP contribution in [0.1, 0.15) is 88.4 Å². The van der Waals surface area contributed by atoms with Crippen molar-refractivity contribution in [1.29, 1.82) is 0 Å². The van der Waals surface area contributed by atoms with Gasteiger partial charge in [0.25, 0.3) is 0 Å². The van der Waals surface area contributed by atoms with Crippen LogP contribution in [0.3, 0.4) is 0 Å². The van der Waals surface area contributed by atoms with Crippen LogP contribution in [0.15, 0.2) is 4.52 Å². The summed E-state index contributed by atoms with van der Waals surface area (Å²) in [6, 6.07) is -0.0563. The Balaban J connectivity index is 1.26. The van der Waals surface area contributed by atoms with E-state index >= 15 is 0 Å². The van der Waals surface area contributed by atoms with Crippen LogP contribution in [0.2, 0.25) is 0 Å². The molecule has 7 nitrogen and oxygen atoms in total. The number of carbonyl (C=O) groups is 1. The summed E-state index contributed by atoms with van der Waals surface area (Å²) in [6.45, 7) is 3.88. The van der Waals surface area contributed by atoms with Crippen LogP contribution < -0.4 is 0 Å². The molecule has 1 unspecified atom stereocenters. The Morgan fingerprint density at radius 2 is 1.80 bits per heavy atom. The Hall–Kier alpha value is -1.47. The fourth-order valence-corrected chi connectivity index (χ4v) is 5.07. The number of aromatic nitrogens is 2. The van der Waals surface area contributed by atoms with E-state index in [0.717, 1.165) is 58.5 Å². The summed E-state index contributed by atoms with van der Waals surface area (Å²) in [5.41, 5.74) is 0. The van der Waals surface area contributed by atoms with Gasteiger partial charge in [0, 0.05) is 39.2 Å². The zero-order valence-corrected chi connectivity index (χ0v) is 18.2. The van der Waals surface area contributed by atoms with Crippen molar-refractivity contribution >= 4 is 5.91 Å². The number of nitrogens with zero attached hydrogens (tertiary/aromatic N) is 3. The van der Waals surface area contributed by atoms with E-state index in [1.807, 2.05) is 4.90 Å². The van der Waals surface area contributed by atoms with Crippen LogP contribution in [0.4, 0.5) is 0 Å². The van der Waals surface area contributed by atoms with E-state index in [-0.39, 0.29) is 11.9 Å². The molecule has 3 aliphatic rings. The molecule has 1 amide bonds. The largest absolute Gasteiger partial charge is 0.381 e. The third-order valence-corrected chi connectivity index (χ3v) is 6.94. The first kappa shape index (κ1) is 21.8. The van der Waals surface area contributed by atoms with Gasteiger partial charge in [-0.25, -0.2) is 0 Å². The molecule has 2 saturated heterocycles. The highest BCUT2D eigenvalue weighted by Crippen LogP contribution is 2.33. The molecule has 1 atom stereocenters. The maximum absolute atomic E-state index is 13.0. The molecule has 0 radical (unpaired) electrons. The molecule has 7 heteroatoms. The molecule has 0 bridgehead atoms. The summed E-state index contributed by atoms with van der Waals surface area (Å²) in [4.78, 5) is 19.7. The van der Waals surface area contributed by atoms with Crippen molar-refractivity contribution in [1.82, 2.24) is 15.0 Å². The topological polar surface area (TPSA) is 77.7 Å².